The zero-order valence-corrected chi connectivity index (χ0v) is 17.3. The largest absolute Gasteiger partial charge is 1.00 e. The molecule has 31 heavy (non-hydrogen) atoms. The quantitative estimate of drug-likeness (QED) is 0.344. The molecule has 0 aliphatic carbocycles. The molecule has 0 spiro atoms. The van der Waals surface area contributed by atoms with Crippen LogP contribution < -0.4 is 40.0 Å². The summed E-state index contributed by atoms with van der Waals surface area (Å²) in [6.07, 6.45) is -8.42. The molecule has 0 rings (SSSR count). The van der Waals surface area contributed by atoms with Gasteiger partial charge in [-0.05, 0) is 6.42 Å². The molecule has 0 saturated carbocycles. The number of aliphatic carboxylic acids is 1. The maximum absolute atomic E-state index is 13.5. The number of amides is 1. The zero-order chi connectivity index (χ0) is 24.6. The number of nitrogens with one attached hydrogen (secondary N) is 1. The molecule has 0 aromatic carbocycles. The van der Waals surface area contributed by atoms with Gasteiger partial charge in [-0.2, -0.15) is 57.1 Å². The molecular weight excluding hydrogens is 488 g/mol. The van der Waals surface area contributed by atoms with Crippen LogP contribution in [0.15, 0.2) is 0 Å². The van der Waals surface area contributed by atoms with Gasteiger partial charge in [-0.25, -0.2) is 0 Å². The molecule has 1 unspecified atom stereocenters. The van der Waals surface area contributed by atoms with Crippen LogP contribution in [0.2, 0.25) is 0 Å². The van der Waals surface area contributed by atoms with Crippen LogP contribution in [0.4, 0.5) is 57.1 Å². The number of carboxylic acid groups (broad SMARTS) is 1. The van der Waals surface area contributed by atoms with E-state index in [-0.39, 0.29) is 42.4 Å². The number of hydrogen-bond donors (Lipinski definition) is 1. The normalized spacial score (nSPS) is 15.2. The van der Waals surface area contributed by atoms with E-state index in [1.165, 1.54) is 6.92 Å². The number of alkyl halides is 13. The zero-order valence-electron chi connectivity index (χ0n) is 15.3. The summed E-state index contributed by atoms with van der Waals surface area (Å²) in [5.41, 5.74) is 0. The molecule has 1 amide bonds. The average molecular weight is 499 g/mol. The number of unbranched alkanes of at least 4 members (excludes halogenated alkanes) is 1. The first-order chi connectivity index (χ1) is 13.0. The molecule has 0 aromatic rings. The number of carbonyl (C=O) groups excluding carboxylic acids is 2. The van der Waals surface area contributed by atoms with Crippen LogP contribution in [0.3, 0.4) is 0 Å². The molecule has 0 bridgehead atoms. The molecule has 0 radical (unpaired) electrons. The van der Waals surface area contributed by atoms with Crippen molar-refractivity contribution in [2.24, 2.45) is 0 Å². The Labute approximate surface area is 186 Å². The van der Waals surface area contributed by atoms with Crippen molar-refractivity contribution in [2.45, 2.75) is 68.0 Å². The Morgan fingerprint density at radius 1 is 0.774 bits per heavy atom. The van der Waals surface area contributed by atoms with Crippen LogP contribution in [0, 0.1) is 0 Å². The third kappa shape index (κ3) is 5.51. The van der Waals surface area contributed by atoms with Gasteiger partial charge in [-0.1, -0.05) is 19.8 Å². The van der Waals surface area contributed by atoms with Gasteiger partial charge in [0.2, 0.25) is 0 Å². The molecule has 178 valence electrons. The third-order valence-corrected chi connectivity index (χ3v) is 3.65. The fourth-order valence-corrected chi connectivity index (χ4v) is 1.82. The van der Waals surface area contributed by atoms with Crippen molar-refractivity contribution in [3.05, 3.63) is 0 Å². The van der Waals surface area contributed by atoms with Crippen molar-refractivity contribution in [3.8, 4) is 0 Å². The van der Waals surface area contributed by atoms with Crippen LogP contribution >= 0.6 is 0 Å². The molecule has 18 heteroatoms. The summed E-state index contributed by atoms with van der Waals surface area (Å²) in [5.74, 6) is -45.1. The van der Waals surface area contributed by atoms with Crippen molar-refractivity contribution in [2.75, 3.05) is 0 Å². The Hall–Kier alpha value is -0.970. The molecule has 0 heterocycles. The molecule has 0 aliphatic rings. The second kappa shape index (κ2) is 9.89. The van der Waals surface area contributed by atoms with E-state index in [4.69, 9.17) is 0 Å². The number of rotatable bonds is 10. The number of hydrogen-bond acceptors (Lipinski definition) is 3. The summed E-state index contributed by atoms with van der Waals surface area (Å²) in [5, 5.41) is 11.2. The van der Waals surface area contributed by atoms with Crippen molar-refractivity contribution in [1.29, 1.82) is 0 Å². The molecule has 1 N–H and O–H groups in total. The summed E-state index contributed by atoms with van der Waals surface area (Å²) in [6.45, 7) is 1.39. The van der Waals surface area contributed by atoms with Crippen molar-refractivity contribution in [3.63, 3.8) is 0 Å². The van der Waals surface area contributed by atoms with Crippen LogP contribution in [-0.2, 0) is 9.59 Å². The Morgan fingerprint density at radius 2 is 1.16 bits per heavy atom. The second-order valence-electron chi connectivity index (χ2n) is 5.86. The fourth-order valence-electron chi connectivity index (χ4n) is 1.82. The molecule has 0 aromatic heterocycles. The molecule has 4 nitrogen and oxygen atoms in total. The Balaban J connectivity index is 0. The minimum Gasteiger partial charge on any atom is -0.548 e. The number of halogens is 13. The molecule has 0 fully saturated rings. The Kier molecular flexibility index (Phi) is 10.3. The first-order valence-corrected chi connectivity index (χ1v) is 7.51. The SMILES string of the molecule is CCCCC(NC(=O)C(F)(F)C(F)(F)C(F)(F)C(F)(F)C(F)(F)C(F)(F)F)C(=O)[O-].[Na+]. The first kappa shape index (κ1) is 32.2. The molecule has 1 atom stereocenters. The van der Waals surface area contributed by atoms with Crippen molar-refractivity contribution < 1.29 is 101 Å². The van der Waals surface area contributed by atoms with Gasteiger partial charge in [0, 0.05) is 0 Å². The van der Waals surface area contributed by atoms with E-state index >= 15 is 0 Å². The van der Waals surface area contributed by atoms with Gasteiger partial charge in [-0.3, -0.25) is 4.79 Å². The molecular formula is C13H11F13NNaO3. The van der Waals surface area contributed by atoms with E-state index in [2.05, 4.69) is 0 Å². The number of carbonyl (C=O) groups is 2. The van der Waals surface area contributed by atoms with Crippen LogP contribution in [0.1, 0.15) is 26.2 Å². The minimum atomic E-state index is -8.15. The minimum absolute atomic E-state index is 0. The van der Waals surface area contributed by atoms with Gasteiger partial charge >= 0.3 is 65.3 Å². The van der Waals surface area contributed by atoms with Gasteiger partial charge < -0.3 is 15.2 Å². The van der Waals surface area contributed by atoms with Crippen molar-refractivity contribution in [1.82, 2.24) is 5.32 Å². The fraction of sp³-hybridized carbons (Fsp3) is 0.846. The van der Waals surface area contributed by atoms with Gasteiger partial charge in [0.05, 0.1) is 12.0 Å². The maximum atomic E-state index is 13.5. The van der Waals surface area contributed by atoms with Crippen molar-refractivity contribution >= 4 is 11.9 Å². The summed E-state index contributed by atoms with van der Waals surface area (Å²) in [6, 6.07) is -2.52. The number of carboxylic acids is 1. The van der Waals surface area contributed by atoms with Gasteiger partial charge in [0.15, 0.2) is 0 Å². The van der Waals surface area contributed by atoms with Gasteiger partial charge in [0.25, 0.3) is 5.91 Å². The Bertz CT molecular complexity index is 651. The summed E-state index contributed by atoms with van der Waals surface area (Å²) in [4.78, 5) is 21.9. The molecule has 0 saturated heterocycles. The van der Waals surface area contributed by atoms with E-state index in [0.29, 0.717) is 5.32 Å². The van der Waals surface area contributed by atoms with Gasteiger partial charge in [-0.15, -0.1) is 0 Å². The van der Waals surface area contributed by atoms with E-state index in [9.17, 15) is 71.8 Å². The van der Waals surface area contributed by atoms with Crippen LogP contribution in [0.25, 0.3) is 0 Å². The summed E-state index contributed by atoms with van der Waals surface area (Å²) < 4.78 is 168. The third-order valence-electron chi connectivity index (χ3n) is 3.65. The monoisotopic (exact) mass is 499 g/mol. The second-order valence-corrected chi connectivity index (χ2v) is 5.86. The van der Waals surface area contributed by atoms with Gasteiger partial charge in [0.1, 0.15) is 0 Å². The van der Waals surface area contributed by atoms with E-state index in [1.807, 2.05) is 0 Å². The molecule has 0 aliphatic heterocycles. The predicted octanol–water partition coefficient (Wildman–Crippen LogP) is 0.154. The van der Waals surface area contributed by atoms with E-state index in [1.54, 1.807) is 0 Å². The van der Waals surface area contributed by atoms with E-state index < -0.39 is 60.1 Å². The standard InChI is InChI=1S/C13H12F13NO3.Na/c1-2-3-4-5(6(28)29)27-7(30)8(14,15)9(16,17)10(18,19)11(20,21)12(22,23)13(24,25)26;/h5H,2-4H2,1H3,(H,27,30)(H,28,29);/q;+1/p-1. The first-order valence-electron chi connectivity index (χ1n) is 7.51. The van der Waals surface area contributed by atoms with E-state index in [0.717, 1.165) is 0 Å². The predicted molar refractivity (Wildman–Crippen MR) is 67.3 cm³/mol. The summed E-state index contributed by atoms with van der Waals surface area (Å²) >= 11 is 0. The van der Waals surface area contributed by atoms with Crippen LogP contribution in [-0.4, -0.2) is 53.7 Å². The average Bonchev–Trinajstić information content (AvgIpc) is 2.56. The van der Waals surface area contributed by atoms with Crippen LogP contribution in [0.5, 0.6) is 0 Å². The summed E-state index contributed by atoms with van der Waals surface area (Å²) in [7, 11) is 0. The Morgan fingerprint density at radius 3 is 1.48 bits per heavy atom. The maximum Gasteiger partial charge on any atom is 1.00 e. The smallest absolute Gasteiger partial charge is 0.548 e. The topological polar surface area (TPSA) is 69.2 Å².